The van der Waals surface area contributed by atoms with Crippen molar-refractivity contribution >= 4 is 17.6 Å². The lowest BCUT2D eigenvalue weighted by molar-refractivity contribution is -0.140. The number of carbonyl (C=O) groups is 2. The van der Waals surface area contributed by atoms with Crippen molar-refractivity contribution in [3.8, 4) is 0 Å². The highest BCUT2D eigenvalue weighted by Gasteiger charge is 2.42. The van der Waals surface area contributed by atoms with E-state index in [1.54, 1.807) is 0 Å². The second-order valence-electron chi connectivity index (χ2n) is 8.43. The molecular formula is C23H29N5O2. The fourth-order valence-electron chi connectivity index (χ4n) is 4.14. The summed E-state index contributed by atoms with van der Waals surface area (Å²) in [6.45, 7) is 9.59. The average Bonchev–Trinajstić information content (AvgIpc) is 3.02. The minimum Gasteiger partial charge on any atom is -0.354 e. The number of carbonyl (C=O) groups excluding carboxylic acids is 2. The molecule has 7 heteroatoms. The maximum Gasteiger partial charge on any atom is 0.247 e. The van der Waals surface area contributed by atoms with Crippen molar-refractivity contribution in [2.45, 2.75) is 45.7 Å². The van der Waals surface area contributed by atoms with Crippen LogP contribution in [0.3, 0.4) is 0 Å². The molecule has 2 aliphatic rings. The van der Waals surface area contributed by atoms with E-state index in [0.717, 1.165) is 49.1 Å². The molecule has 0 spiro atoms. The molecule has 2 amide bonds. The fraction of sp³-hybridized carbons (Fsp3) is 0.478. The number of amides is 2. The van der Waals surface area contributed by atoms with Crippen LogP contribution in [-0.2, 0) is 16.1 Å². The van der Waals surface area contributed by atoms with E-state index in [2.05, 4.69) is 28.6 Å². The Labute approximate surface area is 177 Å². The standard InChI is InChI=1S/C23H29N5O2/c1-16(2)22-24-17(3)13-20(25-22)27-11-9-26(10-12-27)19-14-21(29)28(23(19)30)15-18-7-5-4-6-8-18/h4-8,13,16,19H,9-12,14-15H2,1-3H3/t19-/m0/s1. The highest BCUT2D eigenvalue weighted by molar-refractivity contribution is 6.05. The molecule has 2 saturated heterocycles. The average molecular weight is 408 g/mol. The first-order valence-electron chi connectivity index (χ1n) is 10.6. The van der Waals surface area contributed by atoms with Gasteiger partial charge in [-0.3, -0.25) is 19.4 Å². The number of aryl methyl sites for hydroxylation is 1. The van der Waals surface area contributed by atoms with Crippen LogP contribution in [0, 0.1) is 6.92 Å². The zero-order valence-corrected chi connectivity index (χ0v) is 17.9. The van der Waals surface area contributed by atoms with Crippen LogP contribution < -0.4 is 4.90 Å². The Morgan fingerprint density at radius 1 is 1.03 bits per heavy atom. The van der Waals surface area contributed by atoms with Crippen molar-refractivity contribution in [1.29, 1.82) is 0 Å². The topological polar surface area (TPSA) is 69.6 Å². The van der Waals surface area contributed by atoms with Gasteiger partial charge in [0.25, 0.3) is 0 Å². The van der Waals surface area contributed by atoms with Crippen molar-refractivity contribution in [2.75, 3.05) is 31.1 Å². The van der Waals surface area contributed by atoms with Gasteiger partial charge in [0.2, 0.25) is 11.8 Å². The van der Waals surface area contributed by atoms with Crippen molar-refractivity contribution in [2.24, 2.45) is 0 Å². The molecule has 1 aromatic carbocycles. The van der Waals surface area contributed by atoms with Gasteiger partial charge >= 0.3 is 0 Å². The van der Waals surface area contributed by atoms with Gasteiger partial charge in [0, 0.05) is 43.9 Å². The Bertz CT molecular complexity index is 922. The Morgan fingerprint density at radius 3 is 2.40 bits per heavy atom. The summed E-state index contributed by atoms with van der Waals surface area (Å²) in [5.41, 5.74) is 1.95. The van der Waals surface area contributed by atoms with Gasteiger partial charge in [-0.05, 0) is 12.5 Å². The van der Waals surface area contributed by atoms with Crippen LogP contribution in [0.4, 0.5) is 5.82 Å². The quantitative estimate of drug-likeness (QED) is 0.709. The molecule has 1 aromatic heterocycles. The molecule has 2 fully saturated rings. The summed E-state index contributed by atoms with van der Waals surface area (Å²) in [5, 5.41) is 0. The van der Waals surface area contributed by atoms with Gasteiger partial charge in [-0.15, -0.1) is 0 Å². The molecule has 0 bridgehead atoms. The van der Waals surface area contributed by atoms with Gasteiger partial charge in [-0.1, -0.05) is 44.2 Å². The van der Waals surface area contributed by atoms with E-state index >= 15 is 0 Å². The third-order valence-electron chi connectivity index (χ3n) is 5.86. The number of rotatable bonds is 5. The van der Waals surface area contributed by atoms with E-state index in [9.17, 15) is 9.59 Å². The van der Waals surface area contributed by atoms with E-state index in [1.165, 1.54) is 4.90 Å². The van der Waals surface area contributed by atoms with E-state index in [1.807, 2.05) is 43.3 Å². The van der Waals surface area contributed by atoms with Crippen molar-refractivity contribution in [1.82, 2.24) is 19.8 Å². The summed E-state index contributed by atoms with van der Waals surface area (Å²) >= 11 is 0. The summed E-state index contributed by atoms with van der Waals surface area (Å²) in [7, 11) is 0. The molecule has 0 radical (unpaired) electrons. The first kappa shape index (κ1) is 20.5. The summed E-state index contributed by atoms with van der Waals surface area (Å²) < 4.78 is 0. The number of aromatic nitrogens is 2. The predicted octanol–water partition coefficient (Wildman–Crippen LogP) is 2.36. The van der Waals surface area contributed by atoms with E-state index in [0.29, 0.717) is 6.54 Å². The third kappa shape index (κ3) is 4.21. The number of piperazine rings is 1. The van der Waals surface area contributed by atoms with Crippen molar-refractivity contribution < 1.29 is 9.59 Å². The van der Waals surface area contributed by atoms with Crippen molar-refractivity contribution in [3.63, 3.8) is 0 Å². The van der Waals surface area contributed by atoms with Crippen LogP contribution in [0.5, 0.6) is 0 Å². The Hall–Kier alpha value is -2.80. The zero-order chi connectivity index (χ0) is 21.3. The largest absolute Gasteiger partial charge is 0.354 e. The normalized spacial score (nSPS) is 20.5. The van der Waals surface area contributed by atoms with E-state index in [4.69, 9.17) is 4.98 Å². The summed E-state index contributed by atoms with van der Waals surface area (Å²) in [6.07, 6.45) is 0.274. The highest BCUT2D eigenvalue weighted by atomic mass is 16.2. The Balaban J connectivity index is 1.40. The smallest absolute Gasteiger partial charge is 0.247 e. The number of nitrogens with zero attached hydrogens (tertiary/aromatic N) is 5. The number of anilines is 1. The van der Waals surface area contributed by atoms with Gasteiger partial charge in [-0.2, -0.15) is 0 Å². The number of hydrogen-bond acceptors (Lipinski definition) is 6. The maximum absolute atomic E-state index is 13.0. The molecule has 2 aromatic rings. The molecule has 0 saturated carbocycles. The zero-order valence-electron chi connectivity index (χ0n) is 17.9. The molecule has 3 heterocycles. The second-order valence-corrected chi connectivity index (χ2v) is 8.43. The monoisotopic (exact) mass is 407 g/mol. The van der Waals surface area contributed by atoms with Crippen LogP contribution in [0.15, 0.2) is 36.4 Å². The SMILES string of the molecule is Cc1cc(N2CCN([C@H]3CC(=O)N(Cc4ccccc4)C3=O)CC2)nc(C(C)C)n1. The van der Waals surface area contributed by atoms with Crippen molar-refractivity contribution in [3.05, 3.63) is 53.5 Å². The molecule has 7 nitrogen and oxygen atoms in total. The number of hydrogen-bond donors (Lipinski definition) is 0. The molecule has 158 valence electrons. The lowest BCUT2D eigenvalue weighted by Gasteiger charge is -2.37. The van der Waals surface area contributed by atoms with Crippen LogP contribution in [0.25, 0.3) is 0 Å². The van der Waals surface area contributed by atoms with Crippen LogP contribution in [-0.4, -0.2) is 63.8 Å². The van der Waals surface area contributed by atoms with Gasteiger partial charge in [0.1, 0.15) is 11.6 Å². The molecule has 2 aliphatic heterocycles. The Morgan fingerprint density at radius 2 is 1.73 bits per heavy atom. The predicted molar refractivity (Wildman–Crippen MR) is 115 cm³/mol. The minimum atomic E-state index is -0.346. The van der Waals surface area contributed by atoms with E-state index in [-0.39, 0.29) is 30.2 Å². The summed E-state index contributed by atoms with van der Waals surface area (Å²) in [4.78, 5) is 40.6. The summed E-state index contributed by atoms with van der Waals surface area (Å²) in [5.74, 6) is 1.94. The van der Waals surface area contributed by atoms with Gasteiger partial charge in [-0.25, -0.2) is 9.97 Å². The summed E-state index contributed by atoms with van der Waals surface area (Å²) in [6, 6.07) is 11.4. The molecule has 0 N–H and O–H groups in total. The minimum absolute atomic E-state index is 0.0720. The molecule has 1 atom stereocenters. The fourth-order valence-corrected chi connectivity index (χ4v) is 4.14. The number of benzene rings is 1. The van der Waals surface area contributed by atoms with Gasteiger partial charge < -0.3 is 4.90 Å². The molecule has 0 aliphatic carbocycles. The highest BCUT2D eigenvalue weighted by Crippen LogP contribution is 2.24. The second kappa shape index (κ2) is 8.52. The molecule has 0 unspecified atom stereocenters. The molecular weight excluding hydrogens is 378 g/mol. The van der Waals surface area contributed by atoms with Gasteiger partial charge in [0.15, 0.2) is 0 Å². The Kier molecular flexibility index (Phi) is 5.81. The van der Waals surface area contributed by atoms with Crippen LogP contribution in [0.1, 0.15) is 43.3 Å². The van der Waals surface area contributed by atoms with Crippen LogP contribution in [0.2, 0.25) is 0 Å². The first-order chi connectivity index (χ1) is 14.4. The lowest BCUT2D eigenvalue weighted by atomic mass is 10.1. The van der Waals surface area contributed by atoms with Gasteiger partial charge in [0.05, 0.1) is 19.0 Å². The molecule has 4 rings (SSSR count). The number of imide groups is 1. The molecule has 30 heavy (non-hydrogen) atoms. The van der Waals surface area contributed by atoms with Crippen LogP contribution >= 0.6 is 0 Å². The number of likely N-dealkylation sites (tertiary alicyclic amines) is 1. The third-order valence-corrected chi connectivity index (χ3v) is 5.86. The first-order valence-corrected chi connectivity index (χ1v) is 10.6. The lowest BCUT2D eigenvalue weighted by Crippen LogP contribution is -2.52. The van der Waals surface area contributed by atoms with E-state index < -0.39 is 0 Å². The maximum atomic E-state index is 13.0.